The first kappa shape index (κ1) is 15.8. The number of nitrogens with one attached hydrogen (secondary N) is 2. The van der Waals surface area contributed by atoms with Gasteiger partial charge in [-0.05, 0) is 24.6 Å². The van der Waals surface area contributed by atoms with Crippen molar-refractivity contribution in [1.82, 2.24) is 10.9 Å². The summed E-state index contributed by atoms with van der Waals surface area (Å²) in [6, 6.07) is 4.49. The fourth-order valence-electron chi connectivity index (χ4n) is 1.48. The predicted molar refractivity (Wildman–Crippen MR) is 76.2 cm³/mol. The summed E-state index contributed by atoms with van der Waals surface area (Å²) >= 11 is 11.6. The lowest BCUT2D eigenvalue weighted by Gasteiger charge is -2.07. The Kier molecular flexibility index (Phi) is 6.67. The summed E-state index contributed by atoms with van der Waals surface area (Å²) in [6.07, 6.45) is 3.23. The lowest BCUT2D eigenvalue weighted by atomic mass is 10.2. The van der Waals surface area contributed by atoms with Gasteiger partial charge in [-0.25, -0.2) is 0 Å². The van der Waals surface area contributed by atoms with Crippen LogP contribution in [0.5, 0.6) is 0 Å². The third-order valence-corrected chi connectivity index (χ3v) is 2.88. The summed E-state index contributed by atoms with van der Waals surface area (Å²) in [5, 5.41) is 0.735. The molecule has 0 aliphatic heterocycles. The van der Waals surface area contributed by atoms with E-state index in [4.69, 9.17) is 23.2 Å². The Labute approximate surface area is 122 Å². The molecule has 6 heteroatoms. The number of carbonyl (C=O) groups excluding carboxylic acids is 2. The van der Waals surface area contributed by atoms with Crippen LogP contribution < -0.4 is 10.9 Å². The Morgan fingerprint density at radius 3 is 2.26 bits per heavy atom. The first-order chi connectivity index (χ1) is 9.02. The minimum atomic E-state index is -0.451. The van der Waals surface area contributed by atoms with Gasteiger partial charge in [0.25, 0.3) is 5.91 Å². The number of rotatable bonds is 5. The molecule has 0 atom stereocenters. The normalized spacial score (nSPS) is 10.1. The van der Waals surface area contributed by atoms with Crippen molar-refractivity contribution in [1.29, 1.82) is 0 Å². The number of benzene rings is 1. The van der Waals surface area contributed by atoms with Crippen LogP contribution >= 0.6 is 23.2 Å². The minimum absolute atomic E-state index is 0.213. The second-order valence-electron chi connectivity index (χ2n) is 4.12. The summed E-state index contributed by atoms with van der Waals surface area (Å²) in [5.41, 5.74) is 4.98. The van der Waals surface area contributed by atoms with Crippen LogP contribution in [0, 0.1) is 0 Å². The van der Waals surface area contributed by atoms with Crippen LogP contribution in [0.1, 0.15) is 43.0 Å². The van der Waals surface area contributed by atoms with E-state index in [1.807, 2.05) is 0 Å². The van der Waals surface area contributed by atoms with E-state index in [0.717, 1.165) is 19.3 Å². The molecule has 1 aromatic carbocycles. The molecular weight excluding hydrogens is 287 g/mol. The van der Waals surface area contributed by atoms with E-state index in [-0.39, 0.29) is 5.91 Å². The first-order valence-corrected chi connectivity index (χ1v) is 6.83. The van der Waals surface area contributed by atoms with Crippen LogP contribution in [0.4, 0.5) is 0 Å². The van der Waals surface area contributed by atoms with Gasteiger partial charge in [0.05, 0.1) is 0 Å². The predicted octanol–water partition coefficient (Wildman–Crippen LogP) is 3.33. The van der Waals surface area contributed by atoms with Crippen molar-refractivity contribution >= 4 is 35.0 Å². The van der Waals surface area contributed by atoms with Gasteiger partial charge in [-0.1, -0.05) is 43.0 Å². The quantitative estimate of drug-likeness (QED) is 0.647. The molecular formula is C13H16Cl2N2O2. The topological polar surface area (TPSA) is 58.2 Å². The highest BCUT2D eigenvalue weighted by molar-refractivity contribution is 6.35. The van der Waals surface area contributed by atoms with Crippen LogP contribution in [0.3, 0.4) is 0 Å². The van der Waals surface area contributed by atoms with Crippen LogP contribution in [-0.2, 0) is 4.79 Å². The van der Waals surface area contributed by atoms with Crippen LogP contribution in [0.15, 0.2) is 18.2 Å². The number of hydrogen-bond donors (Lipinski definition) is 2. The first-order valence-electron chi connectivity index (χ1n) is 6.08. The molecule has 4 nitrogen and oxygen atoms in total. The average molecular weight is 303 g/mol. The highest BCUT2D eigenvalue weighted by Crippen LogP contribution is 2.18. The summed E-state index contributed by atoms with van der Waals surface area (Å²) in [4.78, 5) is 23.1. The van der Waals surface area contributed by atoms with Gasteiger partial charge in [0.1, 0.15) is 0 Å². The smallest absolute Gasteiger partial charge is 0.269 e. The summed E-state index contributed by atoms with van der Waals surface area (Å²) in [5.74, 6) is -0.664. The zero-order valence-electron chi connectivity index (χ0n) is 10.6. The van der Waals surface area contributed by atoms with Crippen molar-refractivity contribution in [3.8, 4) is 0 Å². The molecule has 0 aliphatic carbocycles. The van der Waals surface area contributed by atoms with Gasteiger partial charge >= 0.3 is 0 Å². The Morgan fingerprint density at radius 1 is 1.05 bits per heavy atom. The molecule has 0 heterocycles. The molecule has 0 spiro atoms. The number of hydrazine groups is 1. The van der Waals surface area contributed by atoms with Gasteiger partial charge < -0.3 is 0 Å². The SMILES string of the molecule is CCCCCC(=O)NNC(=O)c1cc(Cl)cc(Cl)c1. The van der Waals surface area contributed by atoms with Gasteiger partial charge in [0.2, 0.25) is 5.91 Å². The van der Waals surface area contributed by atoms with E-state index < -0.39 is 5.91 Å². The van der Waals surface area contributed by atoms with E-state index in [9.17, 15) is 9.59 Å². The summed E-state index contributed by atoms with van der Waals surface area (Å²) in [7, 11) is 0. The van der Waals surface area contributed by atoms with Crippen molar-refractivity contribution in [2.45, 2.75) is 32.6 Å². The van der Waals surface area contributed by atoms with E-state index in [0.29, 0.717) is 22.0 Å². The molecule has 0 unspecified atom stereocenters. The monoisotopic (exact) mass is 302 g/mol. The van der Waals surface area contributed by atoms with Crippen molar-refractivity contribution in [3.05, 3.63) is 33.8 Å². The second-order valence-corrected chi connectivity index (χ2v) is 4.99. The van der Waals surface area contributed by atoms with Crippen molar-refractivity contribution in [2.75, 3.05) is 0 Å². The molecule has 19 heavy (non-hydrogen) atoms. The number of halogens is 2. The standard InChI is InChI=1S/C13H16Cl2N2O2/c1-2-3-4-5-12(18)16-17-13(19)9-6-10(14)8-11(15)7-9/h6-8H,2-5H2,1H3,(H,16,18)(H,17,19). The highest BCUT2D eigenvalue weighted by atomic mass is 35.5. The molecule has 0 fully saturated rings. The number of carbonyl (C=O) groups is 2. The molecule has 2 N–H and O–H groups in total. The molecule has 0 aliphatic rings. The lowest BCUT2D eigenvalue weighted by Crippen LogP contribution is -2.41. The highest BCUT2D eigenvalue weighted by Gasteiger charge is 2.09. The van der Waals surface area contributed by atoms with Gasteiger partial charge in [0, 0.05) is 22.0 Å². The molecule has 104 valence electrons. The Bertz CT molecular complexity index is 444. The van der Waals surface area contributed by atoms with E-state index in [2.05, 4.69) is 17.8 Å². The van der Waals surface area contributed by atoms with E-state index >= 15 is 0 Å². The molecule has 0 radical (unpaired) electrons. The van der Waals surface area contributed by atoms with E-state index in [1.165, 1.54) is 18.2 Å². The zero-order chi connectivity index (χ0) is 14.3. The zero-order valence-corrected chi connectivity index (χ0v) is 12.1. The summed E-state index contributed by atoms with van der Waals surface area (Å²) in [6.45, 7) is 2.06. The number of hydrogen-bond acceptors (Lipinski definition) is 2. The maximum atomic E-state index is 11.7. The summed E-state index contributed by atoms with van der Waals surface area (Å²) < 4.78 is 0. The van der Waals surface area contributed by atoms with E-state index in [1.54, 1.807) is 0 Å². The Balaban J connectivity index is 2.44. The Hall–Kier alpha value is -1.26. The molecule has 2 amide bonds. The Morgan fingerprint density at radius 2 is 1.68 bits per heavy atom. The van der Waals surface area contributed by atoms with Crippen molar-refractivity contribution in [2.24, 2.45) is 0 Å². The molecule has 0 saturated carbocycles. The lowest BCUT2D eigenvalue weighted by molar-refractivity contribution is -0.121. The van der Waals surface area contributed by atoms with Crippen LogP contribution in [0.25, 0.3) is 0 Å². The third kappa shape index (κ3) is 5.94. The molecule has 1 rings (SSSR count). The molecule has 1 aromatic rings. The number of amides is 2. The maximum Gasteiger partial charge on any atom is 0.269 e. The fraction of sp³-hybridized carbons (Fsp3) is 0.385. The number of unbranched alkanes of at least 4 members (excludes halogenated alkanes) is 2. The fourth-order valence-corrected chi connectivity index (χ4v) is 2.01. The molecule has 0 saturated heterocycles. The minimum Gasteiger partial charge on any atom is -0.273 e. The maximum absolute atomic E-state index is 11.7. The average Bonchev–Trinajstić information content (AvgIpc) is 2.35. The van der Waals surface area contributed by atoms with Crippen LogP contribution in [0.2, 0.25) is 10.0 Å². The molecule has 0 bridgehead atoms. The third-order valence-electron chi connectivity index (χ3n) is 2.45. The molecule has 0 aromatic heterocycles. The van der Waals surface area contributed by atoms with Gasteiger partial charge in [-0.2, -0.15) is 0 Å². The van der Waals surface area contributed by atoms with Crippen LogP contribution in [-0.4, -0.2) is 11.8 Å². The van der Waals surface area contributed by atoms with Crippen molar-refractivity contribution < 1.29 is 9.59 Å². The van der Waals surface area contributed by atoms with Gasteiger partial charge in [-0.3, -0.25) is 20.4 Å². The second kappa shape index (κ2) is 8.02. The van der Waals surface area contributed by atoms with Gasteiger partial charge in [-0.15, -0.1) is 0 Å². The van der Waals surface area contributed by atoms with Gasteiger partial charge in [0.15, 0.2) is 0 Å². The van der Waals surface area contributed by atoms with Crippen molar-refractivity contribution in [3.63, 3.8) is 0 Å². The largest absolute Gasteiger partial charge is 0.273 e.